The van der Waals surface area contributed by atoms with E-state index in [1.807, 2.05) is 0 Å². The van der Waals surface area contributed by atoms with Gasteiger partial charge >= 0.3 is 0 Å². The standard InChI is InChI=1S/C13H15FN4O/c1-8(15)5-10-11(14)3-2-4-12(10)18-7-9(6-17-18)13(16)19/h2-4,6-8H,5,15H2,1H3,(H2,16,19). The number of hydrogen-bond donors (Lipinski definition) is 2. The van der Waals surface area contributed by atoms with Crippen molar-refractivity contribution in [2.24, 2.45) is 11.5 Å². The van der Waals surface area contributed by atoms with Gasteiger partial charge in [0.25, 0.3) is 5.91 Å². The Morgan fingerprint density at radius 1 is 1.53 bits per heavy atom. The lowest BCUT2D eigenvalue weighted by Gasteiger charge is -2.12. The zero-order valence-corrected chi connectivity index (χ0v) is 10.5. The summed E-state index contributed by atoms with van der Waals surface area (Å²) in [6.07, 6.45) is 3.21. The molecule has 1 heterocycles. The number of benzene rings is 1. The van der Waals surface area contributed by atoms with Crippen molar-refractivity contribution < 1.29 is 9.18 Å². The molecule has 2 rings (SSSR count). The van der Waals surface area contributed by atoms with Gasteiger partial charge in [0.15, 0.2) is 0 Å². The zero-order valence-electron chi connectivity index (χ0n) is 10.5. The van der Waals surface area contributed by atoms with Crippen LogP contribution in [0.5, 0.6) is 0 Å². The molecular weight excluding hydrogens is 247 g/mol. The maximum absolute atomic E-state index is 13.9. The summed E-state index contributed by atoms with van der Waals surface area (Å²) < 4.78 is 15.3. The van der Waals surface area contributed by atoms with Crippen LogP contribution in [-0.2, 0) is 6.42 Å². The van der Waals surface area contributed by atoms with Gasteiger partial charge in [0.1, 0.15) is 5.82 Å². The van der Waals surface area contributed by atoms with Gasteiger partial charge in [-0.15, -0.1) is 0 Å². The van der Waals surface area contributed by atoms with Crippen LogP contribution in [-0.4, -0.2) is 21.7 Å². The third-order valence-corrected chi connectivity index (χ3v) is 2.73. The molecule has 19 heavy (non-hydrogen) atoms. The number of carbonyl (C=O) groups excluding carboxylic acids is 1. The number of carbonyl (C=O) groups is 1. The second-order valence-corrected chi connectivity index (χ2v) is 4.46. The zero-order chi connectivity index (χ0) is 14.0. The van der Waals surface area contributed by atoms with Gasteiger partial charge in [0, 0.05) is 17.8 Å². The van der Waals surface area contributed by atoms with Gasteiger partial charge in [-0.05, 0) is 25.5 Å². The van der Waals surface area contributed by atoms with Crippen LogP contribution in [0.3, 0.4) is 0 Å². The van der Waals surface area contributed by atoms with Gasteiger partial charge in [-0.3, -0.25) is 4.79 Å². The molecule has 1 atom stereocenters. The first-order chi connectivity index (χ1) is 8.99. The highest BCUT2D eigenvalue weighted by Crippen LogP contribution is 2.19. The SMILES string of the molecule is CC(N)Cc1c(F)cccc1-n1cc(C(N)=O)cn1. The number of aromatic nitrogens is 2. The van der Waals surface area contributed by atoms with Crippen molar-refractivity contribution in [3.05, 3.63) is 47.5 Å². The van der Waals surface area contributed by atoms with E-state index in [-0.39, 0.29) is 17.4 Å². The maximum Gasteiger partial charge on any atom is 0.251 e. The molecule has 1 unspecified atom stereocenters. The van der Waals surface area contributed by atoms with Crippen LogP contribution in [0.25, 0.3) is 5.69 Å². The number of primary amides is 1. The fourth-order valence-corrected chi connectivity index (χ4v) is 1.87. The Balaban J connectivity index is 2.48. The second kappa shape index (κ2) is 5.19. The average Bonchev–Trinajstić information content (AvgIpc) is 2.80. The molecule has 1 aromatic carbocycles. The van der Waals surface area contributed by atoms with Crippen LogP contribution >= 0.6 is 0 Å². The molecule has 4 N–H and O–H groups in total. The van der Waals surface area contributed by atoms with Crippen molar-refractivity contribution >= 4 is 5.91 Å². The molecule has 0 fully saturated rings. The lowest BCUT2D eigenvalue weighted by Crippen LogP contribution is -2.20. The normalized spacial score (nSPS) is 12.4. The number of rotatable bonds is 4. The number of hydrogen-bond acceptors (Lipinski definition) is 3. The minimum absolute atomic E-state index is 0.179. The van der Waals surface area contributed by atoms with Gasteiger partial charge in [0.05, 0.1) is 17.4 Å². The molecule has 6 heteroatoms. The topological polar surface area (TPSA) is 86.9 Å². The van der Waals surface area contributed by atoms with Gasteiger partial charge in [-0.2, -0.15) is 5.10 Å². The van der Waals surface area contributed by atoms with E-state index in [0.29, 0.717) is 17.7 Å². The highest BCUT2D eigenvalue weighted by Gasteiger charge is 2.13. The molecule has 1 amide bonds. The summed E-state index contributed by atoms with van der Waals surface area (Å²) in [5, 5.41) is 4.03. The monoisotopic (exact) mass is 262 g/mol. The smallest absolute Gasteiger partial charge is 0.251 e. The number of halogens is 1. The Morgan fingerprint density at radius 2 is 2.26 bits per heavy atom. The molecule has 1 aromatic heterocycles. The van der Waals surface area contributed by atoms with Crippen molar-refractivity contribution in [2.45, 2.75) is 19.4 Å². The fourth-order valence-electron chi connectivity index (χ4n) is 1.87. The predicted octanol–water partition coefficient (Wildman–Crippen LogP) is 1.00. The van der Waals surface area contributed by atoms with E-state index < -0.39 is 5.91 Å². The van der Waals surface area contributed by atoms with Crippen molar-refractivity contribution in [3.63, 3.8) is 0 Å². The summed E-state index contributed by atoms with van der Waals surface area (Å²) in [5.41, 5.74) is 12.2. The number of amides is 1. The maximum atomic E-state index is 13.9. The van der Waals surface area contributed by atoms with Crippen LogP contribution < -0.4 is 11.5 Å². The van der Waals surface area contributed by atoms with Gasteiger partial charge in [-0.25, -0.2) is 9.07 Å². The molecule has 0 saturated heterocycles. The fraction of sp³-hybridized carbons (Fsp3) is 0.231. The Kier molecular flexibility index (Phi) is 3.62. The number of nitrogens with zero attached hydrogens (tertiary/aromatic N) is 2. The first kappa shape index (κ1) is 13.2. The van der Waals surface area contributed by atoms with E-state index >= 15 is 0 Å². The van der Waals surface area contributed by atoms with Crippen LogP contribution in [0.15, 0.2) is 30.6 Å². The molecule has 100 valence electrons. The minimum atomic E-state index is -0.573. The summed E-state index contributed by atoms with van der Waals surface area (Å²) in [6, 6.07) is 4.50. The van der Waals surface area contributed by atoms with Crippen LogP contribution in [0.2, 0.25) is 0 Å². The van der Waals surface area contributed by atoms with Crippen molar-refractivity contribution in [2.75, 3.05) is 0 Å². The molecule has 0 radical (unpaired) electrons. The van der Waals surface area contributed by atoms with Crippen molar-refractivity contribution in [1.82, 2.24) is 9.78 Å². The van der Waals surface area contributed by atoms with Gasteiger partial charge in [-0.1, -0.05) is 6.07 Å². The summed E-state index contributed by atoms with van der Waals surface area (Å²) in [6.45, 7) is 1.80. The summed E-state index contributed by atoms with van der Waals surface area (Å²) in [7, 11) is 0. The summed E-state index contributed by atoms with van der Waals surface area (Å²) >= 11 is 0. The molecular formula is C13H15FN4O. The van der Waals surface area contributed by atoms with Crippen LogP contribution in [0, 0.1) is 5.82 Å². The molecule has 0 bridgehead atoms. The molecule has 0 aliphatic heterocycles. The van der Waals surface area contributed by atoms with E-state index in [1.54, 1.807) is 19.1 Å². The highest BCUT2D eigenvalue weighted by atomic mass is 19.1. The van der Waals surface area contributed by atoms with Crippen LogP contribution in [0.1, 0.15) is 22.8 Å². The molecule has 2 aromatic rings. The second-order valence-electron chi connectivity index (χ2n) is 4.46. The Labute approximate surface area is 110 Å². The predicted molar refractivity (Wildman–Crippen MR) is 69.4 cm³/mol. The van der Waals surface area contributed by atoms with E-state index in [1.165, 1.54) is 23.1 Å². The quantitative estimate of drug-likeness (QED) is 0.861. The van der Waals surface area contributed by atoms with E-state index in [4.69, 9.17) is 11.5 Å². The van der Waals surface area contributed by atoms with Crippen molar-refractivity contribution in [1.29, 1.82) is 0 Å². The molecule has 0 spiro atoms. The lowest BCUT2D eigenvalue weighted by atomic mass is 10.0. The molecule has 0 aliphatic carbocycles. The Bertz CT molecular complexity index is 606. The van der Waals surface area contributed by atoms with Crippen LogP contribution in [0.4, 0.5) is 4.39 Å². The molecule has 0 aliphatic rings. The first-order valence-electron chi connectivity index (χ1n) is 5.87. The summed E-state index contributed by atoms with van der Waals surface area (Å²) in [4.78, 5) is 11.1. The van der Waals surface area contributed by atoms with E-state index in [0.717, 1.165) is 0 Å². The van der Waals surface area contributed by atoms with Gasteiger partial charge < -0.3 is 11.5 Å². The molecule has 0 saturated carbocycles. The molecule has 5 nitrogen and oxygen atoms in total. The van der Waals surface area contributed by atoms with E-state index in [2.05, 4.69) is 5.10 Å². The Morgan fingerprint density at radius 3 is 2.84 bits per heavy atom. The number of nitrogens with two attached hydrogens (primary N) is 2. The third-order valence-electron chi connectivity index (χ3n) is 2.73. The first-order valence-corrected chi connectivity index (χ1v) is 5.87. The lowest BCUT2D eigenvalue weighted by molar-refractivity contribution is 0.100. The highest BCUT2D eigenvalue weighted by molar-refractivity contribution is 5.92. The summed E-state index contributed by atoms with van der Waals surface area (Å²) in [5.74, 6) is -0.915. The van der Waals surface area contributed by atoms with Crippen molar-refractivity contribution in [3.8, 4) is 5.69 Å². The van der Waals surface area contributed by atoms with E-state index in [9.17, 15) is 9.18 Å². The Hall–Kier alpha value is -2.21. The average molecular weight is 262 g/mol. The minimum Gasteiger partial charge on any atom is -0.366 e. The van der Waals surface area contributed by atoms with Gasteiger partial charge in [0.2, 0.25) is 0 Å². The third kappa shape index (κ3) is 2.79. The largest absolute Gasteiger partial charge is 0.366 e.